The largest absolute Gasteiger partial charge is 0.326 e. The molecule has 1 aromatic carbocycles. The molecule has 0 saturated carbocycles. The van der Waals surface area contributed by atoms with Crippen LogP contribution in [0.5, 0.6) is 0 Å². The normalized spacial score (nSPS) is 14.3. The maximum absolute atomic E-state index is 12.0. The Kier molecular flexibility index (Phi) is 4.18. The van der Waals surface area contributed by atoms with Crippen molar-refractivity contribution in [2.24, 2.45) is 0 Å². The Hall–Kier alpha value is -1.44. The van der Waals surface area contributed by atoms with E-state index in [1.165, 1.54) is 6.07 Å². The van der Waals surface area contributed by atoms with Gasteiger partial charge in [-0.2, -0.15) is 0 Å². The molecule has 1 aromatic rings. The van der Waals surface area contributed by atoms with Gasteiger partial charge in [-0.15, -0.1) is 0 Å². The van der Waals surface area contributed by atoms with E-state index in [4.69, 9.17) is 0 Å². The van der Waals surface area contributed by atoms with Gasteiger partial charge in [-0.05, 0) is 30.3 Å². The highest BCUT2D eigenvalue weighted by atomic mass is 32.2. The number of anilines is 1. The van der Waals surface area contributed by atoms with Crippen molar-refractivity contribution in [3.8, 4) is 0 Å². The van der Waals surface area contributed by atoms with E-state index >= 15 is 0 Å². The van der Waals surface area contributed by atoms with Crippen molar-refractivity contribution in [2.45, 2.75) is 18.2 Å². The van der Waals surface area contributed by atoms with E-state index in [2.05, 4.69) is 15.4 Å². The second-order valence-electron chi connectivity index (χ2n) is 4.30. The average Bonchev–Trinajstić information content (AvgIpc) is 2.73. The molecule has 0 fully saturated rings. The number of amides is 1. The third-order valence-electron chi connectivity index (χ3n) is 2.86. The Morgan fingerprint density at radius 2 is 2.11 bits per heavy atom. The summed E-state index contributed by atoms with van der Waals surface area (Å²) in [5, 5.41) is 5.71. The minimum Gasteiger partial charge on any atom is -0.326 e. The van der Waals surface area contributed by atoms with Gasteiger partial charge in [0.15, 0.2) is 0 Å². The number of hydrogen-bond donors (Lipinski definition) is 3. The molecule has 0 saturated heterocycles. The van der Waals surface area contributed by atoms with Crippen LogP contribution in [0.2, 0.25) is 0 Å². The minimum absolute atomic E-state index is 0.107. The predicted octanol–water partition coefficient (Wildman–Crippen LogP) is 0.0690. The third-order valence-corrected chi connectivity index (χ3v) is 4.31. The molecule has 6 nitrogen and oxygen atoms in total. The Bertz CT molecular complexity index is 584. The molecule has 1 aliphatic rings. The zero-order chi connectivity index (χ0) is 13.9. The van der Waals surface area contributed by atoms with Crippen molar-refractivity contribution in [1.82, 2.24) is 10.0 Å². The van der Waals surface area contributed by atoms with Gasteiger partial charge in [-0.3, -0.25) is 4.79 Å². The van der Waals surface area contributed by atoms with Crippen LogP contribution in [0.4, 0.5) is 5.69 Å². The number of carbonyl (C=O) groups excluding carboxylic acids is 1. The summed E-state index contributed by atoms with van der Waals surface area (Å²) in [6.45, 7) is 3.68. The van der Waals surface area contributed by atoms with E-state index in [9.17, 15) is 13.2 Å². The summed E-state index contributed by atoms with van der Waals surface area (Å²) in [6.07, 6.45) is 0.232. The van der Waals surface area contributed by atoms with Gasteiger partial charge in [0.2, 0.25) is 15.9 Å². The number of hydrogen-bond acceptors (Lipinski definition) is 4. The van der Waals surface area contributed by atoms with E-state index in [0.717, 1.165) is 12.1 Å². The lowest BCUT2D eigenvalue weighted by Crippen LogP contribution is -2.31. The van der Waals surface area contributed by atoms with Crippen LogP contribution in [0.15, 0.2) is 23.1 Å². The summed E-state index contributed by atoms with van der Waals surface area (Å²) in [5.41, 5.74) is 1.41. The summed E-state index contributed by atoms with van der Waals surface area (Å²) in [6, 6.07) is 4.67. The van der Waals surface area contributed by atoms with Crippen molar-refractivity contribution >= 4 is 21.6 Å². The summed E-state index contributed by atoms with van der Waals surface area (Å²) >= 11 is 0. The Balaban J connectivity index is 2.09. The lowest BCUT2D eigenvalue weighted by Gasteiger charge is -2.08. The molecule has 0 bridgehead atoms. The molecule has 0 spiro atoms. The zero-order valence-electron chi connectivity index (χ0n) is 10.7. The van der Waals surface area contributed by atoms with Gasteiger partial charge in [0.05, 0.1) is 11.3 Å². The van der Waals surface area contributed by atoms with Gasteiger partial charge in [-0.25, -0.2) is 13.1 Å². The van der Waals surface area contributed by atoms with Gasteiger partial charge in [0, 0.05) is 18.8 Å². The highest BCUT2D eigenvalue weighted by Crippen LogP contribution is 2.25. The molecule has 2 rings (SSSR count). The number of rotatable bonds is 6. The number of benzene rings is 1. The molecule has 0 radical (unpaired) electrons. The summed E-state index contributed by atoms with van der Waals surface area (Å²) < 4.78 is 26.6. The first-order valence-corrected chi connectivity index (χ1v) is 7.64. The van der Waals surface area contributed by atoms with Crippen LogP contribution in [0, 0.1) is 0 Å². The van der Waals surface area contributed by atoms with Crippen molar-refractivity contribution in [1.29, 1.82) is 0 Å². The maximum atomic E-state index is 12.0. The van der Waals surface area contributed by atoms with Crippen LogP contribution in [-0.2, 0) is 21.2 Å². The first-order valence-electron chi connectivity index (χ1n) is 6.16. The monoisotopic (exact) mass is 283 g/mol. The van der Waals surface area contributed by atoms with Gasteiger partial charge < -0.3 is 10.6 Å². The third kappa shape index (κ3) is 3.31. The molecular formula is C12H17N3O3S. The topological polar surface area (TPSA) is 87.3 Å². The fourth-order valence-corrected chi connectivity index (χ4v) is 2.99. The fraction of sp³-hybridized carbons (Fsp3) is 0.417. The number of carbonyl (C=O) groups is 1. The van der Waals surface area contributed by atoms with Crippen LogP contribution >= 0.6 is 0 Å². The minimum atomic E-state index is -3.51. The molecule has 0 aliphatic carbocycles. The molecule has 1 aliphatic heterocycles. The Morgan fingerprint density at radius 1 is 1.32 bits per heavy atom. The summed E-state index contributed by atoms with van der Waals surface area (Å²) in [4.78, 5) is 11.4. The van der Waals surface area contributed by atoms with E-state index < -0.39 is 10.0 Å². The quantitative estimate of drug-likeness (QED) is 0.645. The Labute approximate surface area is 112 Å². The van der Waals surface area contributed by atoms with E-state index in [1.807, 2.05) is 6.92 Å². The van der Waals surface area contributed by atoms with Gasteiger partial charge in [0.25, 0.3) is 0 Å². The van der Waals surface area contributed by atoms with Crippen molar-refractivity contribution in [3.05, 3.63) is 23.8 Å². The van der Waals surface area contributed by atoms with Crippen LogP contribution in [0.25, 0.3) is 0 Å². The molecule has 0 aromatic heterocycles. The van der Waals surface area contributed by atoms with Gasteiger partial charge in [0.1, 0.15) is 0 Å². The van der Waals surface area contributed by atoms with Crippen molar-refractivity contribution in [2.75, 3.05) is 25.0 Å². The zero-order valence-corrected chi connectivity index (χ0v) is 11.5. The molecule has 0 unspecified atom stereocenters. The number of sulfonamides is 1. The van der Waals surface area contributed by atoms with E-state index in [-0.39, 0.29) is 17.2 Å². The predicted molar refractivity (Wildman–Crippen MR) is 72.5 cm³/mol. The smallest absolute Gasteiger partial charge is 0.240 e. The lowest BCUT2D eigenvalue weighted by molar-refractivity contribution is -0.115. The second kappa shape index (κ2) is 5.68. The molecule has 7 heteroatoms. The van der Waals surface area contributed by atoms with Crippen molar-refractivity contribution in [3.63, 3.8) is 0 Å². The highest BCUT2D eigenvalue weighted by molar-refractivity contribution is 7.89. The number of likely N-dealkylation sites (N-methyl/N-ethyl adjacent to an activating group) is 1. The fourth-order valence-electron chi connectivity index (χ4n) is 1.91. The first-order chi connectivity index (χ1) is 9.03. The molecule has 3 N–H and O–H groups in total. The number of nitrogens with one attached hydrogen (secondary N) is 3. The Morgan fingerprint density at radius 3 is 2.84 bits per heavy atom. The lowest BCUT2D eigenvalue weighted by atomic mass is 10.2. The molecular weight excluding hydrogens is 266 g/mol. The molecule has 1 amide bonds. The second-order valence-corrected chi connectivity index (χ2v) is 6.06. The van der Waals surface area contributed by atoms with E-state index in [0.29, 0.717) is 18.8 Å². The SMILES string of the molecule is CCNCCNS(=O)(=O)c1ccc2c(c1)CC(=O)N2. The molecule has 0 atom stereocenters. The van der Waals surface area contributed by atoms with Crippen LogP contribution in [0.3, 0.4) is 0 Å². The van der Waals surface area contributed by atoms with Gasteiger partial charge >= 0.3 is 0 Å². The van der Waals surface area contributed by atoms with Crippen LogP contribution < -0.4 is 15.4 Å². The van der Waals surface area contributed by atoms with Crippen LogP contribution in [-0.4, -0.2) is 34.0 Å². The highest BCUT2D eigenvalue weighted by Gasteiger charge is 2.21. The number of fused-ring (bicyclic) bond motifs is 1. The maximum Gasteiger partial charge on any atom is 0.240 e. The molecule has 1 heterocycles. The molecule has 19 heavy (non-hydrogen) atoms. The van der Waals surface area contributed by atoms with Gasteiger partial charge in [-0.1, -0.05) is 6.92 Å². The average molecular weight is 283 g/mol. The standard InChI is InChI=1S/C12H17N3O3S/c1-2-13-5-6-14-19(17,18)10-3-4-11-9(7-10)8-12(16)15-11/h3-4,7,13-14H,2,5-6,8H2,1H3,(H,15,16). The van der Waals surface area contributed by atoms with Crippen molar-refractivity contribution < 1.29 is 13.2 Å². The first kappa shape index (κ1) is 14.0. The van der Waals surface area contributed by atoms with E-state index in [1.54, 1.807) is 12.1 Å². The molecule has 104 valence electrons. The summed E-state index contributed by atoms with van der Waals surface area (Å²) in [7, 11) is -3.51. The summed E-state index contributed by atoms with van der Waals surface area (Å²) in [5.74, 6) is -0.107. The van der Waals surface area contributed by atoms with Crippen LogP contribution in [0.1, 0.15) is 12.5 Å².